The molecule has 11 heteroatoms. The molecule has 2 aromatic carbocycles. The van der Waals surface area contributed by atoms with Gasteiger partial charge in [-0.25, -0.2) is 10.1 Å². The van der Waals surface area contributed by atoms with Gasteiger partial charge in [-0.2, -0.15) is 5.10 Å². The summed E-state index contributed by atoms with van der Waals surface area (Å²) in [6.45, 7) is 1.22. The van der Waals surface area contributed by atoms with Gasteiger partial charge in [0.15, 0.2) is 12.4 Å². The van der Waals surface area contributed by atoms with E-state index in [-0.39, 0.29) is 22.6 Å². The molecule has 0 bridgehead atoms. The third-order valence-electron chi connectivity index (χ3n) is 3.99. The van der Waals surface area contributed by atoms with Crippen LogP contribution in [0.2, 0.25) is 0 Å². The third kappa shape index (κ3) is 4.81. The topological polar surface area (TPSA) is 132 Å². The van der Waals surface area contributed by atoms with E-state index in [1.165, 1.54) is 23.0 Å². The van der Waals surface area contributed by atoms with Crippen molar-refractivity contribution in [2.45, 2.75) is 6.92 Å². The minimum absolute atomic E-state index is 0.0467. The van der Waals surface area contributed by atoms with E-state index < -0.39 is 17.4 Å². The number of ether oxygens (including phenoxy) is 1. The molecule has 0 saturated heterocycles. The highest BCUT2D eigenvalue weighted by atomic mass is 79.9. The third-order valence-corrected chi connectivity index (χ3v) is 4.48. The van der Waals surface area contributed by atoms with Gasteiger partial charge in [0, 0.05) is 16.2 Å². The van der Waals surface area contributed by atoms with Crippen LogP contribution in [-0.4, -0.2) is 33.4 Å². The SMILES string of the molecule is Cc1[nH]n(-c2ccccc2)c(=O)c1C=NNC(=O)COc1ccc(Br)cc1[N+](=O)[O-]. The second kappa shape index (κ2) is 9.18. The van der Waals surface area contributed by atoms with Crippen LogP contribution in [0.25, 0.3) is 5.69 Å². The molecule has 0 unspecified atom stereocenters. The van der Waals surface area contributed by atoms with Crippen molar-refractivity contribution in [1.82, 2.24) is 15.2 Å². The van der Waals surface area contributed by atoms with Crippen LogP contribution in [0.4, 0.5) is 5.69 Å². The summed E-state index contributed by atoms with van der Waals surface area (Å²) < 4.78 is 7.09. The fraction of sp³-hybridized carbons (Fsp3) is 0.105. The molecule has 10 nitrogen and oxygen atoms in total. The van der Waals surface area contributed by atoms with E-state index in [0.717, 1.165) is 0 Å². The molecular weight excluding hydrogens is 458 g/mol. The smallest absolute Gasteiger partial charge is 0.312 e. The Balaban J connectivity index is 1.64. The number of carbonyl (C=O) groups excluding carboxylic acids is 1. The Morgan fingerprint density at radius 3 is 2.77 bits per heavy atom. The number of nitrogens with one attached hydrogen (secondary N) is 2. The predicted molar refractivity (Wildman–Crippen MR) is 113 cm³/mol. The van der Waals surface area contributed by atoms with E-state index >= 15 is 0 Å². The van der Waals surface area contributed by atoms with Crippen molar-refractivity contribution in [2.24, 2.45) is 5.10 Å². The normalized spacial score (nSPS) is 10.9. The van der Waals surface area contributed by atoms with Crippen LogP contribution < -0.4 is 15.7 Å². The van der Waals surface area contributed by atoms with Gasteiger partial charge in [-0.1, -0.05) is 34.1 Å². The minimum atomic E-state index is -0.639. The first-order chi connectivity index (χ1) is 14.4. The van der Waals surface area contributed by atoms with Gasteiger partial charge in [0.05, 0.1) is 22.4 Å². The largest absolute Gasteiger partial charge is 0.477 e. The number of amides is 1. The van der Waals surface area contributed by atoms with Crippen LogP contribution >= 0.6 is 15.9 Å². The highest BCUT2D eigenvalue weighted by molar-refractivity contribution is 9.10. The molecule has 0 spiro atoms. The monoisotopic (exact) mass is 473 g/mol. The number of aromatic nitrogens is 2. The van der Waals surface area contributed by atoms with Crippen LogP contribution in [-0.2, 0) is 4.79 Å². The van der Waals surface area contributed by atoms with Gasteiger partial charge < -0.3 is 4.74 Å². The standard InChI is InChI=1S/C19H16BrN5O5/c1-12-15(19(27)24(23-12)14-5-3-2-4-6-14)10-21-22-18(26)11-30-17-8-7-13(20)9-16(17)25(28)29/h2-10,23H,11H2,1H3,(H,22,26). The first-order valence-corrected chi connectivity index (χ1v) is 9.42. The molecule has 0 aliphatic rings. The highest BCUT2D eigenvalue weighted by Gasteiger charge is 2.16. The maximum absolute atomic E-state index is 12.5. The van der Waals surface area contributed by atoms with Crippen molar-refractivity contribution in [1.29, 1.82) is 0 Å². The van der Waals surface area contributed by atoms with Crippen LogP contribution in [0.5, 0.6) is 5.75 Å². The van der Waals surface area contributed by atoms with Crippen LogP contribution in [0.3, 0.4) is 0 Å². The molecule has 0 aliphatic carbocycles. The lowest BCUT2D eigenvalue weighted by Crippen LogP contribution is -2.25. The molecule has 1 aromatic heterocycles. The summed E-state index contributed by atoms with van der Waals surface area (Å²) in [7, 11) is 0. The molecule has 2 N–H and O–H groups in total. The number of halogens is 1. The average molecular weight is 474 g/mol. The number of nitro benzene ring substituents is 1. The number of nitrogens with zero attached hydrogens (tertiary/aromatic N) is 3. The van der Waals surface area contributed by atoms with E-state index in [1.807, 2.05) is 18.2 Å². The molecule has 30 heavy (non-hydrogen) atoms. The molecule has 0 aliphatic heterocycles. The number of hydrogen-bond donors (Lipinski definition) is 2. The molecule has 154 valence electrons. The summed E-state index contributed by atoms with van der Waals surface area (Å²) in [5, 5.41) is 17.8. The Morgan fingerprint density at radius 1 is 1.33 bits per heavy atom. The molecule has 0 radical (unpaired) electrons. The zero-order valence-corrected chi connectivity index (χ0v) is 17.3. The molecule has 1 heterocycles. The van der Waals surface area contributed by atoms with Crippen molar-refractivity contribution >= 4 is 33.7 Å². The lowest BCUT2D eigenvalue weighted by Gasteiger charge is -2.05. The number of aromatic amines is 1. The van der Waals surface area contributed by atoms with Crippen molar-refractivity contribution in [3.8, 4) is 11.4 Å². The number of benzene rings is 2. The fourth-order valence-corrected chi connectivity index (χ4v) is 2.92. The van der Waals surface area contributed by atoms with Gasteiger partial charge in [0.1, 0.15) is 0 Å². The zero-order valence-electron chi connectivity index (χ0n) is 15.7. The zero-order chi connectivity index (χ0) is 21.7. The number of rotatable bonds is 7. The summed E-state index contributed by atoms with van der Waals surface area (Å²) in [4.78, 5) is 34.9. The molecule has 3 aromatic rings. The highest BCUT2D eigenvalue weighted by Crippen LogP contribution is 2.29. The molecule has 0 atom stereocenters. The van der Waals surface area contributed by atoms with E-state index in [1.54, 1.807) is 25.1 Å². The van der Waals surface area contributed by atoms with Gasteiger partial charge in [0.25, 0.3) is 11.5 Å². The summed E-state index contributed by atoms with van der Waals surface area (Å²) in [6, 6.07) is 13.2. The predicted octanol–water partition coefficient (Wildman–Crippen LogP) is 2.67. The lowest BCUT2D eigenvalue weighted by molar-refractivity contribution is -0.385. The number of hydrazone groups is 1. The van der Waals surface area contributed by atoms with Gasteiger partial charge in [-0.3, -0.25) is 24.8 Å². The summed E-state index contributed by atoms with van der Waals surface area (Å²) >= 11 is 3.14. The van der Waals surface area contributed by atoms with Crippen LogP contribution in [0.15, 0.2) is 62.9 Å². The summed E-state index contributed by atoms with van der Waals surface area (Å²) in [5.41, 5.74) is 3.15. The van der Waals surface area contributed by atoms with Gasteiger partial charge >= 0.3 is 5.69 Å². The quantitative estimate of drug-likeness (QED) is 0.309. The van der Waals surface area contributed by atoms with Crippen molar-refractivity contribution in [3.05, 3.63) is 84.7 Å². The van der Waals surface area contributed by atoms with E-state index in [4.69, 9.17) is 4.74 Å². The van der Waals surface area contributed by atoms with Crippen LogP contribution in [0, 0.1) is 17.0 Å². The maximum atomic E-state index is 12.5. The Hall–Kier alpha value is -3.73. The number of aryl methyl sites for hydroxylation is 1. The van der Waals surface area contributed by atoms with Gasteiger partial charge in [-0.05, 0) is 31.2 Å². The van der Waals surface area contributed by atoms with Crippen LogP contribution in [0.1, 0.15) is 11.3 Å². The molecule has 1 amide bonds. The Morgan fingerprint density at radius 2 is 2.07 bits per heavy atom. The fourth-order valence-electron chi connectivity index (χ4n) is 2.57. The number of H-pyrrole nitrogens is 1. The maximum Gasteiger partial charge on any atom is 0.312 e. The number of nitro groups is 1. The van der Waals surface area contributed by atoms with Crippen molar-refractivity contribution in [2.75, 3.05) is 6.61 Å². The first kappa shape index (κ1) is 21.0. The molecular formula is C19H16BrN5O5. The van der Waals surface area contributed by atoms with Crippen molar-refractivity contribution < 1.29 is 14.5 Å². The Labute approximate surface area is 178 Å². The summed E-state index contributed by atoms with van der Waals surface area (Å²) in [5.74, 6) is -0.686. The van der Waals surface area contributed by atoms with E-state index in [9.17, 15) is 19.7 Å². The van der Waals surface area contributed by atoms with Gasteiger partial charge in [-0.15, -0.1) is 0 Å². The lowest BCUT2D eigenvalue weighted by atomic mass is 10.3. The van der Waals surface area contributed by atoms with Gasteiger partial charge in [0.2, 0.25) is 0 Å². The summed E-state index contributed by atoms with van der Waals surface area (Å²) in [6.07, 6.45) is 1.23. The molecule has 0 saturated carbocycles. The second-order valence-electron chi connectivity index (χ2n) is 6.08. The van der Waals surface area contributed by atoms with E-state index in [2.05, 4.69) is 31.6 Å². The average Bonchev–Trinajstić information content (AvgIpc) is 3.01. The second-order valence-corrected chi connectivity index (χ2v) is 6.99. The minimum Gasteiger partial charge on any atom is -0.477 e. The molecule has 3 rings (SSSR count). The van der Waals surface area contributed by atoms with E-state index in [0.29, 0.717) is 15.9 Å². The molecule has 0 fully saturated rings. The Bertz CT molecular complexity index is 1170. The Kier molecular flexibility index (Phi) is 6.42. The first-order valence-electron chi connectivity index (χ1n) is 8.62. The van der Waals surface area contributed by atoms with Crippen molar-refractivity contribution in [3.63, 3.8) is 0 Å². The number of hydrogen-bond acceptors (Lipinski definition) is 6. The number of carbonyl (C=O) groups is 1. The number of para-hydroxylation sites is 1.